The quantitative estimate of drug-likeness (QED) is 0.869. The van der Waals surface area contributed by atoms with Gasteiger partial charge in [-0.2, -0.15) is 0 Å². The Balaban J connectivity index is 2.93. The number of aromatic nitrogens is 1. The molecule has 0 aliphatic heterocycles. The lowest BCUT2D eigenvalue weighted by atomic mass is 10.3. The van der Waals surface area contributed by atoms with Crippen molar-refractivity contribution in [2.75, 3.05) is 11.0 Å². The van der Waals surface area contributed by atoms with Crippen LogP contribution in [0.5, 0.6) is 0 Å². The van der Waals surface area contributed by atoms with Gasteiger partial charge in [-0.15, -0.1) is 0 Å². The molecule has 0 saturated carbocycles. The van der Waals surface area contributed by atoms with E-state index in [1.807, 2.05) is 13.0 Å². The minimum absolute atomic E-state index is 0.666. The fraction of sp³-hybridized carbons (Fsp3) is 0.286. The van der Waals surface area contributed by atoms with Crippen molar-refractivity contribution >= 4 is 32.7 Å². The highest BCUT2D eigenvalue weighted by Gasteiger charge is 2.00. The Hall–Kier alpha value is -0.420. The molecule has 5 heteroatoms. The van der Waals surface area contributed by atoms with E-state index in [2.05, 4.69) is 25.6 Å². The summed E-state index contributed by atoms with van der Waals surface area (Å²) in [6, 6.07) is 1.92. The number of hydrogen-bond donors (Lipinski definition) is 1. The number of halogens is 1. The Morgan fingerprint density at radius 1 is 1.67 bits per heavy atom. The molecule has 0 amide bonds. The Labute approximate surface area is 82.3 Å². The maximum Gasteiger partial charge on any atom is 0.140 e. The van der Waals surface area contributed by atoms with E-state index in [1.165, 1.54) is 0 Å². The van der Waals surface area contributed by atoms with Gasteiger partial charge in [0.15, 0.2) is 0 Å². The third-order valence-electron chi connectivity index (χ3n) is 1.29. The molecule has 1 rings (SSSR count). The van der Waals surface area contributed by atoms with E-state index in [0.717, 1.165) is 10.0 Å². The van der Waals surface area contributed by atoms with Crippen LogP contribution < -0.4 is 4.72 Å². The van der Waals surface area contributed by atoms with Crippen LogP contribution in [0.3, 0.4) is 0 Å². The molecule has 0 bridgehead atoms. The Kier molecular flexibility index (Phi) is 3.22. The smallest absolute Gasteiger partial charge is 0.140 e. The number of rotatable bonds is 2. The van der Waals surface area contributed by atoms with E-state index in [9.17, 15) is 4.21 Å². The van der Waals surface area contributed by atoms with Crippen LogP contribution in [0.15, 0.2) is 16.7 Å². The fourth-order valence-electron chi connectivity index (χ4n) is 0.783. The average molecular weight is 249 g/mol. The lowest BCUT2D eigenvalue weighted by molar-refractivity contribution is 0.689. The van der Waals surface area contributed by atoms with Crippen LogP contribution >= 0.6 is 15.9 Å². The second kappa shape index (κ2) is 4.00. The van der Waals surface area contributed by atoms with Gasteiger partial charge in [0.1, 0.15) is 16.8 Å². The Morgan fingerprint density at radius 2 is 2.33 bits per heavy atom. The van der Waals surface area contributed by atoms with Gasteiger partial charge in [-0.05, 0) is 34.5 Å². The van der Waals surface area contributed by atoms with Gasteiger partial charge in [-0.1, -0.05) is 0 Å². The Morgan fingerprint density at radius 3 is 2.83 bits per heavy atom. The summed E-state index contributed by atoms with van der Waals surface area (Å²) < 4.78 is 14.5. The molecule has 1 heterocycles. The molecule has 12 heavy (non-hydrogen) atoms. The van der Waals surface area contributed by atoms with E-state index in [1.54, 1.807) is 12.5 Å². The molecular formula is C7H9BrN2OS. The zero-order valence-electron chi connectivity index (χ0n) is 6.80. The topological polar surface area (TPSA) is 42.0 Å². The lowest BCUT2D eigenvalue weighted by Crippen LogP contribution is -2.04. The standard InChI is InChI=1S/C7H9BrN2OS/c1-5-3-6(8)4-9-7(5)10-12(2)11/h3-4H,1-2H3,(H,9,10). The number of aryl methyl sites for hydroxylation is 1. The SMILES string of the molecule is Cc1cc(Br)cnc1NS(C)=O. The fourth-order valence-corrected chi connectivity index (χ4v) is 1.72. The third kappa shape index (κ3) is 2.57. The number of nitrogens with one attached hydrogen (secondary N) is 1. The molecule has 0 fully saturated rings. The summed E-state index contributed by atoms with van der Waals surface area (Å²) in [5.74, 6) is 0.666. The molecule has 0 spiro atoms. The molecule has 1 unspecified atom stereocenters. The molecule has 1 aromatic rings. The molecule has 1 atom stereocenters. The summed E-state index contributed by atoms with van der Waals surface area (Å²) in [7, 11) is -1.06. The second-order valence-electron chi connectivity index (χ2n) is 2.38. The summed E-state index contributed by atoms with van der Waals surface area (Å²) in [5.41, 5.74) is 0.972. The van der Waals surface area contributed by atoms with Gasteiger partial charge >= 0.3 is 0 Å². The van der Waals surface area contributed by atoms with E-state index in [-0.39, 0.29) is 0 Å². The minimum atomic E-state index is -1.06. The average Bonchev–Trinajstić information content (AvgIpc) is 1.94. The highest BCUT2D eigenvalue weighted by Crippen LogP contribution is 2.16. The van der Waals surface area contributed by atoms with Crippen LogP contribution in [-0.4, -0.2) is 15.4 Å². The summed E-state index contributed by atoms with van der Waals surface area (Å²) in [6.07, 6.45) is 3.24. The highest BCUT2D eigenvalue weighted by molar-refractivity contribution is 9.10. The molecular weight excluding hydrogens is 240 g/mol. The summed E-state index contributed by atoms with van der Waals surface area (Å²) in [6.45, 7) is 1.91. The van der Waals surface area contributed by atoms with Gasteiger partial charge in [0.2, 0.25) is 0 Å². The first kappa shape index (κ1) is 9.67. The first-order chi connectivity index (χ1) is 5.59. The van der Waals surface area contributed by atoms with Crippen molar-refractivity contribution in [2.45, 2.75) is 6.92 Å². The largest absolute Gasteiger partial charge is 0.289 e. The van der Waals surface area contributed by atoms with Crippen molar-refractivity contribution < 1.29 is 4.21 Å². The van der Waals surface area contributed by atoms with E-state index in [4.69, 9.17) is 0 Å². The zero-order valence-corrected chi connectivity index (χ0v) is 9.20. The van der Waals surface area contributed by atoms with Gasteiger partial charge < -0.3 is 0 Å². The van der Waals surface area contributed by atoms with Gasteiger partial charge in [-0.25, -0.2) is 9.19 Å². The molecule has 0 aliphatic carbocycles. The predicted molar refractivity (Wildman–Crippen MR) is 54.4 cm³/mol. The summed E-state index contributed by atoms with van der Waals surface area (Å²) in [5, 5.41) is 0. The van der Waals surface area contributed by atoms with E-state index < -0.39 is 11.0 Å². The molecule has 0 radical (unpaired) electrons. The minimum Gasteiger partial charge on any atom is -0.289 e. The molecule has 1 aromatic heterocycles. The first-order valence-corrected chi connectivity index (χ1v) is 5.67. The first-order valence-electron chi connectivity index (χ1n) is 3.32. The lowest BCUT2D eigenvalue weighted by Gasteiger charge is -2.04. The normalized spacial score (nSPS) is 12.6. The van der Waals surface area contributed by atoms with Crippen molar-refractivity contribution in [2.24, 2.45) is 0 Å². The third-order valence-corrected chi connectivity index (χ3v) is 2.20. The number of anilines is 1. The van der Waals surface area contributed by atoms with Crippen LogP contribution in [0, 0.1) is 6.92 Å². The molecule has 0 saturated heterocycles. The van der Waals surface area contributed by atoms with E-state index in [0.29, 0.717) is 5.82 Å². The van der Waals surface area contributed by atoms with E-state index >= 15 is 0 Å². The molecule has 3 nitrogen and oxygen atoms in total. The monoisotopic (exact) mass is 248 g/mol. The van der Waals surface area contributed by atoms with Crippen LogP contribution in [0.1, 0.15) is 5.56 Å². The summed E-state index contributed by atoms with van der Waals surface area (Å²) >= 11 is 3.30. The van der Waals surface area contributed by atoms with Gasteiger partial charge in [0.05, 0.1) is 0 Å². The van der Waals surface area contributed by atoms with Crippen molar-refractivity contribution in [1.82, 2.24) is 4.98 Å². The van der Waals surface area contributed by atoms with Crippen molar-refractivity contribution in [3.63, 3.8) is 0 Å². The van der Waals surface area contributed by atoms with Crippen LogP contribution in [0.4, 0.5) is 5.82 Å². The zero-order chi connectivity index (χ0) is 9.14. The van der Waals surface area contributed by atoms with Crippen molar-refractivity contribution in [3.8, 4) is 0 Å². The van der Waals surface area contributed by atoms with Crippen LogP contribution in [0.2, 0.25) is 0 Å². The highest BCUT2D eigenvalue weighted by atomic mass is 79.9. The molecule has 1 N–H and O–H groups in total. The van der Waals surface area contributed by atoms with Gasteiger partial charge in [-0.3, -0.25) is 4.72 Å². The van der Waals surface area contributed by atoms with Gasteiger partial charge in [0, 0.05) is 16.9 Å². The number of hydrogen-bond acceptors (Lipinski definition) is 2. The van der Waals surface area contributed by atoms with Gasteiger partial charge in [0.25, 0.3) is 0 Å². The van der Waals surface area contributed by atoms with Crippen LogP contribution in [-0.2, 0) is 11.0 Å². The molecule has 0 aromatic carbocycles. The summed E-state index contributed by atoms with van der Waals surface area (Å²) in [4.78, 5) is 4.07. The molecule has 0 aliphatic rings. The maximum absolute atomic E-state index is 10.8. The number of pyridine rings is 1. The number of nitrogens with zero attached hydrogens (tertiary/aromatic N) is 1. The predicted octanol–water partition coefficient (Wildman–Crippen LogP) is 1.86. The maximum atomic E-state index is 10.8. The Bertz CT molecular complexity index is 316. The van der Waals surface area contributed by atoms with Crippen LogP contribution in [0.25, 0.3) is 0 Å². The van der Waals surface area contributed by atoms with Crippen molar-refractivity contribution in [1.29, 1.82) is 0 Å². The molecule has 66 valence electrons. The second-order valence-corrected chi connectivity index (χ2v) is 4.40. The van der Waals surface area contributed by atoms with Crippen molar-refractivity contribution in [3.05, 3.63) is 22.3 Å².